The molecular weight excluding hydrogens is 440 g/mol. The highest BCUT2D eigenvalue weighted by Gasteiger charge is 2.14. The van der Waals surface area contributed by atoms with Crippen molar-refractivity contribution in [3.8, 4) is 28.1 Å². The Bertz CT molecular complexity index is 926. The molecule has 0 fully saturated rings. The second-order valence-electron chi connectivity index (χ2n) is 5.69. The van der Waals surface area contributed by atoms with Gasteiger partial charge in [0.2, 0.25) is 0 Å². The van der Waals surface area contributed by atoms with Crippen LogP contribution in [0.25, 0.3) is 28.1 Å². The lowest BCUT2D eigenvalue weighted by atomic mass is 10.0. The fourth-order valence-corrected chi connectivity index (χ4v) is 3.28. The fourth-order valence-electron chi connectivity index (χ4n) is 2.75. The van der Waals surface area contributed by atoms with Gasteiger partial charge in [-0.15, -0.1) is 0 Å². The number of nitrogens with zero attached hydrogens (tertiary/aromatic N) is 2. The van der Waals surface area contributed by atoms with E-state index in [2.05, 4.69) is 86.6 Å². The molecule has 0 N–H and O–H groups in total. The van der Waals surface area contributed by atoms with Crippen molar-refractivity contribution in [1.29, 1.82) is 0 Å². The van der Waals surface area contributed by atoms with Gasteiger partial charge in [0.15, 0.2) is 0 Å². The molecule has 0 unspecified atom stereocenters. The first kappa shape index (κ1) is 16.3. The average molecular weight is 454 g/mol. The lowest BCUT2D eigenvalue weighted by molar-refractivity contribution is 0.884. The van der Waals surface area contributed by atoms with Gasteiger partial charge in [0.05, 0.1) is 5.69 Å². The Kier molecular flexibility index (Phi) is 4.55. The van der Waals surface area contributed by atoms with Crippen LogP contribution in [0.15, 0.2) is 94.0 Å². The maximum atomic E-state index is 4.87. The standard InChI is InChI=1S/C21H14Br2N2/c22-17-10-6-15(7-11-17)20-14-25(19-4-2-1-3-5-19)24-21(20)16-8-12-18(23)13-9-16/h1-14H. The van der Waals surface area contributed by atoms with E-state index >= 15 is 0 Å². The molecule has 0 saturated carbocycles. The highest BCUT2D eigenvalue weighted by Crippen LogP contribution is 2.33. The second kappa shape index (κ2) is 6.98. The molecule has 0 aliphatic rings. The SMILES string of the molecule is Brc1ccc(-c2cn(-c3ccccc3)nc2-c2ccc(Br)cc2)cc1. The van der Waals surface area contributed by atoms with Crippen molar-refractivity contribution in [2.45, 2.75) is 0 Å². The van der Waals surface area contributed by atoms with Gasteiger partial charge in [0.1, 0.15) is 5.69 Å². The van der Waals surface area contributed by atoms with Crippen LogP contribution in [0, 0.1) is 0 Å². The molecule has 122 valence electrons. The Morgan fingerprint density at radius 1 is 0.640 bits per heavy atom. The van der Waals surface area contributed by atoms with Crippen LogP contribution in [0.2, 0.25) is 0 Å². The lowest BCUT2D eigenvalue weighted by Crippen LogP contribution is -1.93. The van der Waals surface area contributed by atoms with E-state index in [1.165, 1.54) is 0 Å². The molecule has 0 spiro atoms. The van der Waals surface area contributed by atoms with E-state index in [9.17, 15) is 0 Å². The molecule has 0 radical (unpaired) electrons. The largest absolute Gasteiger partial charge is 0.240 e. The molecule has 4 rings (SSSR count). The molecule has 0 atom stereocenters. The van der Waals surface area contributed by atoms with E-state index in [1.807, 2.05) is 35.0 Å². The first-order chi connectivity index (χ1) is 12.2. The van der Waals surface area contributed by atoms with E-state index < -0.39 is 0 Å². The van der Waals surface area contributed by atoms with Crippen molar-refractivity contribution in [2.75, 3.05) is 0 Å². The molecule has 0 saturated heterocycles. The Morgan fingerprint density at radius 2 is 1.20 bits per heavy atom. The van der Waals surface area contributed by atoms with Gasteiger partial charge in [-0.2, -0.15) is 5.10 Å². The fraction of sp³-hybridized carbons (Fsp3) is 0. The number of benzene rings is 3. The summed E-state index contributed by atoms with van der Waals surface area (Å²) in [5.74, 6) is 0. The Labute approximate surface area is 163 Å². The Morgan fingerprint density at radius 3 is 1.80 bits per heavy atom. The highest BCUT2D eigenvalue weighted by atomic mass is 79.9. The zero-order valence-electron chi connectivity index (χ0n) is 13.2. The first-order valence-corrected chi connectivity index (χ1v) is 9.46. The van der Waals surface area contributed by atoms with E-state index in [4.69, 9.17) is 5.10 Å². The predicted octanol–water partition coefficient (Wildman–Crippen LogP) is 6.73. The second-order valence-corrected chi connectivity index (χ2v) is 7.52. The minimum atomic E-state index is 0.971. The Hall–Kier alpha value is -2.17. The van der Waals surface area contributed by atoms with Crippen LogP contribution in [0.5, 0.6) is 0 Å². The van der Waals surface area contributed by atoms with Gasteiger partial charge in [0, 0.05) is 26.3 Å². The van der Waals surface area contributed by atoms with E-state index in [1.54, 1.807) is 0 Å². The number of halogens is 2. The van der Waals surface area contributed by atoms with E-state index in [-0.39, 0.29) is 0 Å². The smallest absolute Gasteiger partial charge is 0.101 e. The van der Waals surface area contributed by atoms with Crippen molar-refractivity contribution < 1.29 is 0 Å². The maximum Gasteiger partial charge on any atom is 0.101 e. The average Bonchev–Trinajstić information content (AvgIpc) is 3.09. The van der Waals surface area contributed by atoms with Crippen LogP contribution in [0.4, 0.5) is 0 Å². The number of aromatic nitrogens is 2. The number of hydrogen-bond donors (Lipinski definition) is 0. The van der Waals surface area contributed by atoms with Crippen LogP contribution < -0.4 is 0 Å². The first-order valence-electron chi connectivity index (χ1n) is 7.88. The van der Waals surface area contributed by atoms with Gasteiger partial charge in [0.25, 0.3) is 0 Å². The zero-order valence-corrected chi connectivity index (χ0v) is 16.4. The molecule has 25 heavy (non-hydrogen) atoms. The monoisotopic (exact) mass is 452 g/mol. The summed E-state index contributed by atoms with van der Waals surface area (Å²) >= 11 is 7.01. The molecular formula is C21H14Br2N2. The normalized spacial score (nSPS) is 10.8. The van der Waals surface area contributed by atoms with Crippen molar-refractivity contribution in [3.63, 3.8) is 0 Å². The third-order valence-electron chi connectivity index (χ3n) is 4.01. The molecule has 1 heterocycles. The van der Waals surface area contributed by atoms with Crippen molar-refractivity contribution in [3.05, 3.63) is 94.0 Å². The van der Waals surface area contributed by atoms with Crippen LogP contribution in [-0.2, 0) is 0 Å². The van der Waals surface area contributed by atoms with E-state index in [0.717, 1.165) is 37.0 Å². The number of hydrogen-bond acceptors (Lipinski definition) is 1. The van der Waals surface area contributed by atoms with Gasteiger partial charge >= 0.3 is 0 Å². The van der Waals surface area contributed by atoms with Gasteiger partial charge < -0.3 is 0 Å². The number of para-hydroxylation sites is 1. The molecule has 3 aromatic carbocycles. The van der Waals surface area contributed by atoms with Crippen LogP contribution in [-0.4, -0.2) is 9.78 Å². The maximum absolute atomic E-state index is 4.87. The van der Waals surface area contributed by atoms with Gasteiger partial charge in [-0.1, -0.05) is 74.3 Å². The minimum absolute atomic E-state index is 0.971. The molecule has 0 aliphatic carbocycles. The molecule has 4 aromatic rings. The van der Waals surface area contributed by atoms with Crippen LogP contribution >= 0.6 is 31.9 Å². The van der Waals surface area contributed by atoms with Gasteiger partial charge in [-0.05, 0) is 42.0 Å². The summed E-state index contributed by atoms with van der Waals surface area (Å²) in [6, 6.07) is 26.8. The van der Waals surface area contributed by atoms with Crippen molar-refractivity contribution >= 4 is 31.9 Å². The summed E-state index contributed by atoms with van der Waals surface area (Å²) in [7, 11) is 0. The summed E-state index contributed by atoms with van der Waals surface area (Å²) in [6.45, 7) is 0. The zero-order chi connectivity index (χ0) is 17.2. The van der Waals surface area contributed by atoms with Crippen LogP contribution in [0.1, 0.15) is 0 Å². The summed E-state index contributed by atoms with van der Waals surface area (Å²) in [5, 5.41) is 4.87. The molecule has 0 aliphatic heterocycles. The van der Waals surface area contributed by atoms with Crippen molar-refractivity contribution in [1.82, 2.24) is 9.78 Å². The van der Waals surface area contributed by atoms with Gasteiger partial charge in [-0.25, -0.2) is 4.68 Å². The van der Waals surface area contributed by atoms with E-state index in [0.29, 0.717) is 0 Å². The van der Waals surface area contributed by atoms with Crippen molar-refractivity contribution in [2.24, 2.45) is 0 Å². The molecule has 4 heteroatoms. The van der Waals surface area contributed by atoms with Gasteiger partial charge in [-0.3, -0.25) is 0 Å². The third-order valence-corrected chi connectivity index (χ3v) is 5.07. The Balaban J connectivity index is 1.89. The molecule has 2 nitrogen and oxygen atoms in total. The summed E-state index contributed by atoms with van der Waals surface area (Å²) in [4.78, 5) is 0. The topological polar surface area (TPSA) is 17.8 Å². The minimum Gasteiger partial charge on any atom is -0.240 e. The summed E-state index contributed by atoms with van der Waals surface area (Å²) in [5.41, 5.74) is 5.36. The molecule has 0 bridgehead atoms. The summed E-state index contributed by atoms with van der Waals surface area (Å²) in [6.07, 6.45) is 2.09. The predicted molar refractivity (Wildman–Crippen MR) is 110 cm³/mol. The number of rotatable bonds is 3. The lowest BCUT2D eigenvalue weighted by Gasteiger charge is -2.03. The molecule has 0 amide bonds. The van der Waals surface area contributed by atoms with Crippen LogP contribution in [0.3, 0.4) is 0 Å². The molecule has 1 aromatic heterocycles. The highest BCUT2D eigenvalue weighted by molar-refractivity contribution is 9.10. The third kappa shape index (κ3) is 3.46. The summed E-state index contributed by atoms with van der Waals surface area (Å²) < 4.78 is 4.07. The quantitative estimate of drug-likeness (QED) is 0.336.